The minimum absolute atomic E-state index is 0.168. The molecule has 3 aromatic rings. The van der Waals surface area contributed by atoms with Crippen LogP contribution in [0.5, 0.6) is 0 Å². The molecule has 3 rings (SSSR count). The molecule has 5 nitrogen and oxygen atoms in total. The number of aliphatic hydroxyl groups excluding tert-OH is 1. The lowest BCUT2D eigenvalue weighted by molar-refractivity contribution is 0.263. The number of fused-ring (bicyclic) bond motifs is 1. The van der Waals surface area contributed by atoms with Gasteiger partial charge in [0.2, 0.25) is 0 Å². The van der Waals surface area contributed by atoms with Crippen LogP contribution in [0, 0.1) is 0 Å². The van der Waals surface area contributed by atoms with Gasteiger partial charge in [-0.05, 0) is 12.1 Å². The van der Waals surface area contributed by atoms with Crippen LogP contribution in [0.4, 0.5) is 0 Å². The predicted molar refractivity (Wildman–Crippen MR) is 78.0 cm³/mol. The summed E-state index contributed by atoms with van der Waals surface area (Å²) in [6, 6.07) is 9.46. The van der Waals surface area contributed by atoms with Crippen molar-refractivity contribution in [3.63, 3.8) is 0 Å². The van der Waals surface area contributed by atoms with E-state index in [9.17, 15) is 0 Å². The quantitative estimate of drug-likeness (QED) is 0.757. The van der Waals surface area contributed by atoms with Crippen LogP contribution in [0.25, 0.3) is 22.2 Å². The van der Waals surface area contributed by atoms with Crippen LogP contribution in [-0.2, 0) is 7.05 Å². The highest BCUT2D eigenvalue weighted by atomic mass is 16.3. The third-order valence-corrected chi connectivity index (χ3v) is 3.38. The van der Waals surface area contributed by atoms with Crippen LogP contribution in [0.2, 0.25) is 0 Å². The SMILES string of the molecule is Cn1cc(-c2ccnc(C(N)CO)n2)c2ccccc21. The second-order valence-corrected chi connectivity index (χ2v) is 4.76. The number of benzene rings is 1. The number of aliphatic hydroxyl groups is 1. The van der Waals surface area contributed by atoms with Crippen molar-refractivity contribution in [2.24, 2.45) is 12.8 Å². The van der Waals surface area contributed by atoms with Crippen LogP contribution >= 0.6 is 0 Å². The molecular weight excluding hydrogens is 252 g/mol. The fourth-order valence-corrected chi connectivity index (χ4v) is 2.33. The van der Waals surface area contributed by atoms with E-state index in [1.54, 1.807) is 6.20 Å². The van der Waals surface area contributed by atoms with Crippen LogP contribution < -0.4 is 5.73 Å². The molecule has 0 amide bonds. The Morgan fingerprint density at radius 3 is 2.90 bits per heavy atom. The van der Waals surface area contributed by atoms with Crippen molar-refractivity contribution in [2.45, 2.75) is 6.04 Å². The third kappa shape index (κ3) is 2.07. The Labute approximate surface area is 116 Å². The Hall–Kier alpha value is -2.24. The Morgan fingerprint density at radius 1 is 1.30 bits per heavy atom. The van der Waals surface area contributed by atoms with Gasteiger partial charge in [0, 0.05) is 35.9 Å². The van der Waals surface area contributed by atoms with E-state index in [0.29, 0.717) is 5.82 Å². The molecule has 0 saturated heterocycles. The molecule has 0 aliphatic carbocycles. The smallest absolute Gasteiger partial charge is 0.147 e. The molecular formula is C15H16N4O. The van der Waals surface area contributed by atoms with Gasteiger partial charge in [-0.1, -0.05) is 18.2 Å². The normalized spacial score (nSPS) is 12.8. The summed E-state index contributed by atoms with van der Waals surface area (Å²) in [6.07, 6.45) is 3.72. The average Bonchev–Trinajstić information content (AvgIpc) is 2.84. The van der Waals surface area contributed by atoms with Gasteiger partial charge in [0.05, 0.1) is 18.3 Å². The molecule has 0 bridgehead atoms. The number of aryl methyl sites for hydroxylation is 1. The van der Waals surface area contributed by atoms with E-state index in [1.807, 2.05) is 31.4 Å². The number of hydrogen-bond donors (Lipinski definition) is 2. The van der Waals surface area contributed by atoms with Crippen LogP contribution in [0.15, 0.2) is 42.7 Å². The first-order chi connectivity index (χ1) is 9.70. The average molecular weight is 268 g/mol. The number of para-hydroxylation sites is 1. The highest BCUT2D eigenvalue weighted by Gasteiger charge is 2.12. The fourth-order valence-electron chi connectivity index (χ4n) is 2.33. The van der Waals surface area contributed by atoms with E-state index in [2.05, 4.69) is 26.7 Å². The minimum atomic E-state index is -0.551. The molecule has 1 aromatic carbocycles. The first-order valence-corrected chi connectivity index (χ1v) is 6.44. The summed E-state index contributed by atoms with van der Waals surface area (Å²) in [5, 5.41) is 10.3. The van der Waals surface area contributed by atoms with E-state index in [1.165, 1.54) is 0 Å². The highest BCUT2D eigenvalue weighted by Crippen LogP contribution is 2.28. The van der Waals surface area contributed by atoms with Gasteiger partial charge >= 0.3 is 0 Å². The van der Waals surface area contributed by atoms with Gasteiger partial charge in [-0.25, -0.2) is 9.97 Å². The summed E-state index contributed by atoms with van der Waals surface area (Å²) in [7, 11) is 2.01. The van der Waals surface area contributed by atoms with E-state index in [0.717, 1.165) is 22.2 Å². The molecule has 0 saturated carbocycles. The van der Waals surface area contributed by atoms with Crippen molar-refractivity contribution < 1.29 is 5.11 Å². The molecule has 20 heavy (non-hydrogen) atoms. The second-order valence-electron chi connectivity index (χ2n) is 4.76. The molecule has 3 N–H and O–H groups in total. The molecule has 0 aliphatic rings. The standard InChI is InChI=1S/C15H16N4O/c1-19-8-11(10-4-2-3-5-14(10)19)13-6-7-17-15(18-13)12(16)9-20/h2-8,12,20H,9,16H2,1H3. The Balaban J connectivity index is 2.16. The molecule has 0 aliphatic heterocycles. The van der Waals surface area contributed by atoms with Gasteiger partial charge in [-0.15, -0.1) is 0 Å². The lowest BCUT2D eigenvalue weighted by atomic mass is 10.1. The summed E-state index contributed by atoms with van der Waals surface area (Å²) in [4.78, 5) is 8.59. The molecule has 2 heterocycles. The van der Waals surface area contributed by atoms with Crippen LogP contribution in [-0.4, -0.2) is 26.2 Å². The Morgan fingerprint density at radius 2 is 2.10 bits per heavy atom. The molecule has 102 valence electrons. The number of rotatable bonds is 3. The summed E-state index contributed by atoms with van der Waals surface area (Å²) in [5.74, 6) is 0.456. The first-order valence-electron chi connectivity index (χ1n) is 6.44. The highest BCUT2D eigenvalue weighted by molar-refractivity contribution is 5.95. The molecule has 0 radical (unpaired) electrons. The zero-order chi connectivity index (χ0) is 14.1. The van der Waals surface area contributed by atoms with E-state index >= 15 is 0 Å². The van der Waals surface area contributed by atoms with Crippen molar-refractivity contribution in [1.82, 2.24) is 14.5 Å². The molecule has 1 atom stereocenters. The van der Waals surface area contributed by atoms with Crippen molar-refractivity contribution in [3.05, 3.63) is 48.5 Å². The summed E-state index contributed by atoms with van der Waals surface area (Å²) < 4.78 is 2.07. The van der Waals surface area contributed by atoms with E-state index < -0.39 is 6.04 Å². The second kappa shape index (κ2) is 5.03. The predicted octanol–water partition coefficient (Wildman–Crippen LogP) is 1.63. The maximum absolute atomic E-state index is 9.12. The zero-order valence-corrected chi connectivity index (χ0v) is 11.2. The van der Waals surface area contributed by atoms with Gasteiger partial charge < -0.3 is 15.4 Å². The number of aromatic nitrogens is 3. The van der Waals surface area contributed by atoms with Crippen molar-refractivity contribution >= 4 is 10.9 Å². The van der Waals surface area contributed by atoms with Crippen molar-refractivity contribution in [2.75, 3.05) is 6.61 Å². The van der Waals surface area contributed by atoms with Crippen molar-refractivity contribution in [1.29, 1.82) is 0 Å². The maximum Gasteiger partial charge on any atom is 0.147 e. The number of nitrogens with zero attached hydrogens (tertiary/aromatic N) is 3. The van der Waals surface area contributed by atoms with Gasteiger partial charge in [0.15, 0.2) is 0 Å². The third-order valence-electron chi connectivity index (χ3n) is 3.38. The largest absolute Gasteiger partial charge is 0.394 e. The molecule has 0 fully saturated rings. The van der Waals surface area contributed by atoms with Crippen LogP contribution in [0.3, 0.4) is 0 Å². The van der Waals surface area contributed by atoms with Crippen LogP contribution in [0.1, 0.15) is 11.9 Å². The molecule has 5 heteroatoms. The number of nitrogens with two attached hydrogens (primary N) is 1. The minimum Gasteiger partial charge on any atom is -0.394 e. The lowest BCUT2D eigenvalue weighted by Gasteiger charge is -2.07. The molecule has 1 unspecified atom stereocenters. The van der Waals surface area contributed by atoms with Gasteiger partial charge in [-0.3, -0.25) is 0 Å². The van der Waals surface area contributed by atoms with Gasteiger partial charge in [-0.2, -0.15) is 0 Å². The topological polar surface area (TPSA) is 77.0 Å². The molecule has 0 spiro atoms. The summed E-state index contributed by atoms with van der Waals surface area (Å²) in [5.41, 5.74) is 8.78. The summed E-state index contributed by atoms with van der Waals surface area (Å²) in [6.45, 7) is -0.168. The summed E-state index contributed by atoms with van der Waals surface area (Å²) >= 11 is 0. The van der Waals surface area contributed by atoms with Crippen molar-refractivity contribution in [3.8, 4) is 11.3 Å². The first kappa shape index (κ1) is 12.8. The fraction of sp³-hybridized carbons (Fsp3) is 0.200. The Kier molecular flexibility index (Phi) is 3.22. The maximum atomic E-state index is 9.12. The number of hydrogen-bond acceptors (Lipinski definition) is 4. The zero-order valence-electron chi connectivity index (χ0n) is 11.2. The lowest BCUT2D eigenvalue weighted by Crippen LogP contribution is -2.17. The van der Waals surface area contributed by atoms with Gasteiger partial charge in [0.1, 0.15) is 5.82 Å². The Bertz CT molecular complexity index is 750. The van der Waals surface area contributed by atoms with Gasteiger partial charge in [0.25, 0.3) is 0 Å². The monoisotopic (exact) mass is 268 g/mol. The van der Waals surface area contributed by atoms with E-state index in [4.69, 9.17) is 10.8 Å². The van der Waals surface area contributed by atoms with E-state index in [-0.39, 0.29) is 6.61 Å². The molecule has 2 aromatic heterocycles.